The van der Waals surface area contributed by atoms with Crippen LogP contribution in [-0.2, 0) is 0 Å². The smallest absolute Gasteiger partial charge is 0.353 e. The molecule has 0 aliphatic carbocycles. The van der Waals surface area contributed by atoms with E-state index in [0.717, 1.165) is 0 Å². The van der Waals surface area contributed by atoms with Crippen molar-refractivity contribution in [1.82, 2.24) is 24.9 Å². The molecule has 170 valence electrons. The second-order valence-corrected chi connectivity index (χ2v) is 8.00. The molecule has 1 aromatic carbocycles. The molecule has 5 rings (SSSR count). The summed E-state index contributed by atoms with van der Waals surface area (Å²) in [6.45, 7) is 1.61. The molecule has 0 aliphatic rings. The minimum atomic E-state index is -4.69. The molecule has 0 aliphatic heterocycles. The monoisotopic (exact) mass is 480 g/mol. The van der Waals surface area contributed by atoms with Gasteiger partial charge in [-0.25, -0.2) is 15.0 Å². The van der Waals surface area contributed by atoms with Gasteiger partial charge in [-0.15, -0.1) is 0 Å². The summed E-state index contributed by atoms with van der Waals surface area (Å²) in [5.41, 5.74) is 1.54. The van der Waals surface area contributed by atoms with E-state index in [0.29, 0.717) is 32.8 Å². The molecule has 5 aromatic rings. The summed E-state index contributed by atoms with van der Waals surface area (Å²) in [6.07, 6.45) is -0.202. The number of nitrogens with zero attached hydrogens (tertiary/aromatic N) is 5. The number of pyridine rings is 3. The van der Waals surface area contributed by atoms with Gasteiger partial charge in [0.1, 0.15) is 11.3 Å². The zero-order valence-corrected chi connectivity index (χ0v) is 18.4. The lowest BCUT2D eigenvalue weighted by molar-refractivity contribution is -0.143. The Morgan fingerprint density at radius 1 is 0.941 bits per heavy atom. The maximum absolute atomic E-state index is 14.6. The van der Waals surface area contributed by atoms with Gasteiger partial charge in [-0.05, 0) is 43.3 Å². The zero-order chi connectivity index (χ0) is 23.9. The molecular formula is C24H16ClF3N6. The third-order valence-electron chi connectivity index (χ3n) is 5.25. The molecule has 0 radical (unpaired) electrons. The van der Waals surface area contributed by atoms with Crippen LogP contribution in [0.4, 0.5) is 19.0 Å². The third-order valence-corrected chi connectivity index (χ3v) is 5.55. The molecule has 1 atom stereocenters. The van der Waals surface area contributed by atoms with E-state index in [-0.39, 0.29) is 22.6 Å². The first-order valence-electron chi connectivity index (χ1n) is 10.2. The number of aromatic nitrogens is 5. The summed E-state index contributed by atoms with van der Waals surface area (Å²) >= 11 is 6.31. The predicted octanol–water partition coefficient (Wildman–Crippen LogP) is 6.31. The molecule has 0 saturated carbocycles. The summed E-state index contributed by atoms with van der Waals surface area (Å²) in [5, 5.41) is 3.40. The summed E-state index contributed by atoms with van der Waals surface area (Å²) in [5.74, 6) is 0.300. The Morgan fingerprint density at radius 3 is 2.53 bits per heavy atom. The van der Waals surface area contributed by atoms with Gasteiger partial charge >= 0.3 is 6.18 Å². The summed E-state index contributed by atoms with van der Waals surface area (Å²) in [7, 11) is 0. The van der Waals surface area contributed by atoms with Gasteiger partial charge in [-0.1, -0.05) is 23.7 Å². The number of halogens is 4. The van der Waals surface area contributed by atoms with Crippen LogP contribution in [-0.4, -0.2) is 31.1 Å². The van der Waals surface area contributed by atoms with E-state index < -0.39 is 12.2 Å². The number of rotatable bonds is 4. The van der Waals surface area contributed by atoms with Crippen molar-refractivity contribution in [2.24, 2.45) is 0 Å². The Bertz CT molecular complexity index is 1510. The van der Waals surface area contributed by atoms with E-state index in [2.05, 4.69) is 30.2 Å². The van der Waals surface area contributed by atoms with E-state index in [1.54, 1.807) is 49.4 Å². The van der Waals surface area contributed by atoms with E-state index in [4.69, 9.17) is 11.6 Å². The molecule has 0 amide bonds. The zero-order valence-electron chi connectivity index (χ0n) is 17.7. The van der Waals surface area contributed by atoms with Gasteiger partial charge in [0.15, 0.2) is 11.9 Å². The number of hydrogen-bond acceptors (Lipinski definition) is 6. The number of para-hydroxylation sites is 1. The van der Waals surface area contributed by atoms with Crippen molar-refractivity contribution in [2.45, 2.75) is 19.1 Å². The number of nitrogens with one attached hydrogen (secondary N) is 1. The van der Waals surface area contributed by atoms with Gasteiger partial charge in [0.25, 0.3) is 0 Å². The van der Waals surface area contributed by atoms with Crippen molar-refractivity contribution >= 4 is 39.4 Å². The Morgan fingerprint density at radius 2 is 1.76 bits per heavy atom. The number of benzene rings is 1. The van der Waals surface area contributed by atoms with Crippen molar-refractivity contribution in [3.8, 4) is 11.3 Å². The second kappa shape index (κ2) is 8.49. The first-order chi connectivity index (χ1) is 16.3. The van der Waals surface area contributed by atoms with Crippen LogP contribution in [0, 0.1) is 6.92 Å². The minimum Gasteiger partial charge on any atom is -0.353 e. The molecule has 6 nitrogen and oxygen atoms in total. The van der Waals surface area contributed by atoms with Gasteiger partial charge < -0.3 is 5.32 Å². The van der Waals surface area contributed by atoms with Gasteiger partial charge in [-0.2, -0.15) is 13.2 Å². The average molecular weight is 481 g/mol. The van der Waals surface area contributed by atoms with E-state index in [1.165, 1.54) is 24.7 Å². The fourth-order valence-electron chi connectivity index (χ4n) is 3.79. The molecular weight excluding hydrogens is 465 g/mol. The van der Waals surface area contributed by atoms with E-state index in [1.807, 2.05) is 0 Å². The topological polar surface area (TPSA) is 76.5 Å². The lowest BCUT2D eigenvalue weighted by Crippen LogP contribution is -2.29. The van der Waals surface area contributed by atoms with Crippen LogP contribution in [0.3, 0.4) is 0 Å². The van der Waals surface area contributed by atoms with Crippen molar-refractivity contribution in [3.63, 3.8) is 0 Å². The lowest BCUT2D eigenvalue weighted by atomic mass is 9.98. The molecule has 4 heterocycles. The highest BCUT2D eigenvalue weighted by Crippen LogP contribution is 2.41. The number of anilines is 1. The fourth-order valence-corrected chi connectivity index (χ4v) is 4.01. The molecule has 0 fully saturated rings. The van der Waals surface area contributed by atoms with Crippen LogP contribution in [0.15, 0.2) is 67.1 Å². The predicted molar refractivity (Wildman–Crippen MR) is 124 cm³/mol. The van der Waals surface area contributed by atoms with E-state index >= 15 is 0 Å². The van der Waals surface area contributed by atoms with Crippen LogP contribution in [0.2, 0.25) is 5.02 Å². The molecule has 10 heteroatoms. The maximum atomic E-state index is 14.6. The number of aryl methyl sites for hydroxylation is 1. The molecule has 1 N–H and O–H groups in total. The van der Waals surface area contributed by atoms with Crippen molar-refractivity contribution in [3.05, 3.63) is 83.5 Å². The van der Waals surface area contributed by atoms with Gasteiger partial charge in [0.05, 0.1) is 21.7 Å². The highest BCUT2D eigenvalue weighted by atomic mass is 35.5. The van der Waals surface area contributed by atoms with Crippen molar-refractivity contribution in [2.75, 3.05) is 5.32 Å². The highest BCUT2D eigenvalue weighted by molar-refractivity contribution is 6.35. The first kappa shape index (κ1) is 22.0. The molecule has 0 saturated heterocycles. The largest absolute Gasteiger partial charge is 0.412 e. The molecule has 0 unspecified atom stereocenters. The molecule has 0 bridgehead atoms. The Kier molecular flexibility index (Phi) is 5.49. The van der Waals surface area contributed by atoms with Crippen LogP contribution in [0.1, 0.15) is 17.4 Å². The highest BCUT2D eigenvalue weighted by Gasteiger charge is 2.43. The number of hydrogen-bond donors (Lipinski definition) is 1. The SMILES string of the molecule is Cc1nc(N[C@H](c2cc3cccc(Cl)c3nc2-c2cccnc2)C(F)(F)F)c2ncccc2n1. The lowest BCUT2D eigenvalue weighted by Gasteiger charge is -2.25. The quantitative estimate of drug-likeness (QED) is 0.325. The Labute approximate surface area is 196 Å². The van der Waals surface area contributed by atoms with Gasteiger partial charge in [0.2, 0.25) is 0 Å². The second-order valence-electron chi connectivity index (χ2n) is 7.59. The normalized spacial score (nSPS) is 12.7. The summed E-state index contributed by atoms with van der Waals surface area (Å²) < 4.78 is 43.7. The van der Waals surface area contributed by atoms with Gasteiger partial charge in [0, 0.05) is 35.1 Å². The standard InChI is InChI=1S/C24H16ClF3N6/c1-13-31-18-8-4-10-30-21(18)23(32-13)34-22(24(26,27)28)16-11-14-5-2-7-17(25)20(14)33-19(16)15-6-3-9-29-12-15/h2-12,22H,1H3,(H,31,32,34)/t22-/m1/s1. The number of fused-ring (bicyclic) bond motifs is 2. The van der Waals surface area contributed by atoms with Crippen LogP contribution in [0.25, 0.3) is 33.2 Å². The van der Waals surface area contributed by atoms with Crippen molar-refractivity contribution in [1.29, 1.82) is 0 Å². The molecule has 0 spiro atoms. The van der Waals surface area contributed by atoms with Crippen molar-refractivity contribution < 1.29 is 13.2 Å². The first-order valence-corrected chi connectivity index (χ1v) is 10.6. The Balaban J connectivity index is 1.75. The minimum absolute atomic E-state index is 0.0197. The fraction of sp³-hybridized carbons (Fsp3) is 0.125. The molecule has 34 heavy (non-hydrogen) atoms. The molecule has 4 aromatic heterocycles. The summed E-state index contributed by atoms with van der Waals surface area (Å²) in [6, 6.07) is 10.9. The Hall–Kier alpha value is -3.85. The average Bonchev–Trinajstić information content (AvgIpc) is 2.82. The maximum Gasteiger partial charge on any atom is 0.412 e. The number of alkyl halides is 3. The van der Waals surface area contributed by atoms with E-state index in [9.17, 15) is 13.2 Å². The third kappa shape index (κ3) is 4.10. The van der Waals surface area contributed by atoms with Crippen LogP contribution < -0.4 is 5.32 Å². The van der Waals surface area contributed by atoms with Crippen LogP contribution in [0.5, 0.6) is 0 Å². The van der Waals surface area contributed by atoms with Gasteiger partial charge in [-0.3, -0.25) is 9.97 Å². The summed E-state index contributed by atoms with van der Waals surface area (Å²) in [4.78, 5) is 21.3. The van der Waals surface area contributed by atoms with Crippen LogP contribution >= 0.6 is 11.6 Å².